The normalized spacial score (nSPS) is 12.4. The number of benzene rings is 1. The van der Waals surface area contributed by atoms with E-state index in [-0.39, 0.29) is 0 Å². The molecule has 20 heavy (non-hydrogen) atoms. The summed E-state index contributed by atoms with van der Waals surface area (Å²) in [6, 6.07) is 5.39. The molecule has 0 spiro atoms. The van der Waals surface area contributed by atoms with Crippen molar-refractivity contribution in [2.75, 3.05) is 7.11 Å². The van der Waals surface area contributed by atoms with Crippen LogP contribution >= 0.6 is 27.5 Å². The number of aromatic nitrogens is 2. The second-order valence-corrected chi connectivity index (χ2v) is 5.71. The smallest absolute Gasteiger partial charge is 0.163 e. The number of halogens is 2. The van der Waals surface area contributed by atoms with Gasteiger partial charge in [0.15, 0.2) is 5.75 Å². The van der Waals surface area contributed by atoms with Gasteiger partial charge >= 0.3 is 0 Å². The molecule has 2 aromatic rings. The van der Waals surface area contributed by atoms with E-state index in [9.17, 15) is 5.11 Å². The molecule has 108 valence electrons. The topological polar surface area (TPSA) is 47.3 Å². The predicted molar refractivity (Wildman–Crippen MR) is 82.3 cm³/mol. The van der Waals surface area contributed by atoms with Gasteiger partial charge in [-0.15, -0.1) is 0 Å². The van der Waals surface area contributed by atoms with Crippen LogP contribution in [0.15, 0.2) is 28.9 Å². The van der Waals surface area contributed by atoms with E-state index in [1.807, 2.05) is 6.07 Å². The van der Waals surface area contributed by atoms with Gasteiger partial charge in [-0.3, -0.25) is 4.68 Å². The molecule has 4 nitrogen and oxygen atoms in total. The Bertz CT molecular complexity index is 601. The van der Waals surface area contributed by atoms with Crippen LogP contribution in [0, 0.1) is 0 Å². The minimum Gasteiger partial charge on any atom is -0.493 e. The molecule has 0 fully saturated rings. The van der Waals surface area contributed by atoms with Crippen molar-refractivity contribution in [3.8, 4) is 5.75 Å². The average molecular weight is 360 g/mol. The third-order valence-corrected chi connectivity index (χ3v) is 3.84. The number of hydrogen-bond donors (Lipinski definition) is 1. The zero-order valence-corrected chi connectivity index (χ0v) is 13.6. The Morgan fingerprint density at radius 2 is 2.25 bits per heavy atom. The van der Waals surface area contributed by atoms with Crippen molar-refractivity contribution in [1.29, 1.82) is 0 Å². The molecule has 0 amide bonds. The van der Waals surface area contributed by atoms with E-state index in [0.717, 1.165) is 10.9 Å². The molecular weight excluding hydrogens is 344 g/mol. The third kappa shape index (κ3) is 3.00. The largest absolute Gasteiger partial charge is 0.493 e. The molecule has 1 atom stereocenters. The molecule has 1 aromatic heterocycles. The number of ether oxygens (including phenoxy) is 1. The van der Waals surface area contributed by atoms with Crippen LogP contribution in [0.3, 0.4) is 0 Å². The fourth-order valence-corrected chi connectivity index (χ4v) is 2.85. The highest BCUT2D eigenvalue weighted by Gasteiger charge is 2.23. The molecule has 0 radical (unpaired) electrons. The summed E-state index contributed by atoms with van der Waals surface area (Å²) in [5, 5.41) is 15.4. The number of aliphatic hydroxyl groups is 1. The van der Waals surface area contributed by atoms with Gasteiger partial charge in [0.1, 0.15) is 11.8 Å². The summed E-state index contributed by atoms with van der Waals surface area (Å²) in [7, 11) is 1.56. The molecule has 0 aliphatic carbocycles. The van der Waals surface area contributed by atoms with E-state index in [1.165, 1.54) is 0 Å². The molecule has 1 unspecified atom stereocenters. The summed E-state index contributed by atoms with van der Waals surface area (Å²) in [5.41, 5.74) is 1.25. The SMILES string of the molecule is CCCn1ncc(OC)c1C(O)c1ccc(Br)cc1Cl. The van der Waals surface area contributed by atoms with Crippen LogP contribution in [0.5, 0.6) is 5.75 Å². The summed E-state index contributed by atoms with van der Waals surface area (Å²) >= 11 is 9.56. The number of nitrogens with zero attached hydrogens (tertiary/aromatic N) is 2. The Morgan fingerprint density at radius 3 is 2.85 bits per heavy atom. The maximum absolute atomic E-state index is 10.6. The predicted octanol–water partition coefficient (Wildman–Crippen LogP) is 3.80. The van der Waals surface area contributed by atoms with Gasteiger partial charge in [0.2, 0.25) is 0 Å². The van der Waals surface area contributed by atoms with E-state index in [1.54, 1.807) is 30.1 Å². The second-order valence-electron chi connectivity index (χ2n) is 4.39. The number of methoxy groups -OCH3 is 1. The molecule has 0 saturated heterocycles. The van der Waals surface area contributed by atoms with Crippen molar-refractivity contribution in [1.82, 2.24) is 9.78 Å². The number of rotatable bonds is 5. The van der Waals surface area contributed by atoms with Crippen LogP contribution in [0.2, 0.25) is 5.02 Å². The lowest BCUT2D eigenvalue weighted by Gasteiger charge is -2.16. The van der Waals surface area contributed by atoms with Crippen LogP contribution in [0.1, 0.15) is 30.7 Å². The summed E-state index contributed by atoms with van der Waals surface area (Å²) in [5.74, 6) is 0.560. The van der Waals surface area contributed by atoms with Crippen LogP contribution in [0.4, 0.5) is 0 Å². The Kier molecular flexibility index (Phi) is 5.07. The van der Waals surface area contributed by atoms with E-state index in [4.69, 9.17) is 16.3 Å². The lowest BCUT2D eigenvalue weighted by atomic mass is 10.1. The highest BCUT2D eigenvalue weighted by atomic mass is 79.9. The molecular formula is C14H16BrClN2O2. The summed E-state index contributed by atoms with van der Waals surface area (Å²) in [4.78, 5) is 0. The third-order valence-electron chi connectivity index (χ3n) is 3.02. The highest BCUT2D eigenvalue weighted by molar-refractivity contribution is 9.10. The van der Waals surface area contributed by atoms with Crippen LogP contribution in [-0.2, 0) is 6.54 Å². The van der Waals surface area contributed by atoms with Crippen LogP contribution in [0.25, 0.3) is 0 Å². The molecule has 6 heteroatoms. The van der Waals surface area contributed by atoms with Gasteiger partial charge in [-0.25, -0.2) is 0 Å². The quantitative estimate of drug-likeness (QED) is 0.883. The molecule has 0 bridgehead atoms. The van der Waals surface area contributed by atoms with Gasteiger partial charge in [-0.1, -0.05) is 40.5 Å². The Labute approximate surface area is 131 Å². The van der Waals surface area contributed by atoms with Crippen molar-refractivity contribution in [2.24, 2.45) is 0 Å². The minimum absolute atomic E-state index is 0.498. The average Bonchev–Trinajstić information content (AvgIpc) is 2.81. The lowest BCUT2D eigenvalue weighted by molar-refractivity contribution is 0.202. The summed E-state index contributed by atoms with van der Waals surface area (Å²) < 4.78 is 7.90. The zero-order chi connectivity index (χ0) is 14.7. The van der Waals surface area contributed by atoms with E-state index >= 15 is 0 Å². The second kappa shape index (κ2) is 6.61. The van der Waals surface area contributed by atoms with Crippen LogP contribution in [-0.4, -0.2) is 22.0 Å². The van der Waals surface area contributed by atoms with Gasteiger partial charge in [0.25, 0.3) is 0 Å². The molecule has 1 N–H and O–H groups in total. The van der Waals surface area contributed by atoms with Gasteiger partial charge in [0, 0.05) is 21.6 Å². The van der Waals surface area contributed by atoms with Crippen molar-refractivity contribution in [3.05, 3.63) is 45.1 Å². The van der Waals surface area contributed by atoms with Crippen molar-refractivity contribution < 1.29 is 9.84 Å². The summed E-state index contributed by atoms with van der Waals surface area (Å²) in [6.07, 6.45) is 1.65. The Hall–Kier alpha value is -1.04. The minimum atomic E-state index is -0.875. The van der Waals surface area contributed by atoms with E-state index < -0.39 is 6.10 Å². The van der Waals surface area contributed by atoms with Gasteiger partial charge in [-0.05, 0) is 18.6 Å². The molecule has 1 aromatic carbocycles. The zero-order valence-electron chi connectivity index (χ0n) is 11.3. The Balaban J connectivity index is 2.46. The first-order chi connectivity index (χ1) is 9.58. The van der Waals surface area contributed by atoms with Gasteiger partial charge < -0.3 is 9.84 Å². The fourth-order valence-electron chi connectivity index (χ4n) is 2.07. The fraction of sp³-hybridized carbons (Fsp3) is 0.357. The first-order valence-electron chi connectivity index (χ1n) is 6.31. The molecule has 0 aliphatic heterocycles. The molecule has 1 heterocycles. The molecule has 2 rings (SSSR count). The number of aliphatic hydroxyl groups excluding tert-OH is 1. The van der Waals surface area contributed by atoms with Crippen molar-refractivity contribution in [2.45, 2.75) is 26.0 Å². The monoisotopic (exact) mass is 358 g/mol. The van der Waals surface area contributed by atoms with Crippen molar-refractivity contribution in [3.63, 3.8) is 0 Å². The van der Waals surface area contributed by atoms with E-state index in [0.29, 0.717) is 28.6 Å². The standard InChI is InChI=1S/C14H16BrClN2O2/c1-3-6-18-13(12(20-2)8-17-18)14(19)10-5-4-9(15)7-11(10)16/h4-5,7-8,14,19H,3,6H2,1-2H3. The maximum atomic E-state index is 10.6. The highest BCUT2D eigenvalue weighted by Crippen LogP contribution is 2.34. The van der Waals surface area contributed by atoms with Crippen LogP contribution < -0.4 is 4.74 Å². The Morgan fingerprint density at radius 1 is 1.50 bits per heavy atom. The molecule has 0 aliphatic rings. The van der Waals surface area contributed by atoms with E-state index in [2.05, 4.69) is 28.0 Å². The molecule has 0 saturated carbocycles. The van der Waals surface area contributed by atoms with Gasteiger partial charge in [0.05, 0.1) is 13.3 Å². The van der Waals surface area contributed by atoms with Crippen molar-refractivity contribution >= 4 is 27.5 Å². The number of aryl methyl sites for hydroxylation is 1. The van der Waals surface area contributed by atoms with Gasteiger partial charge in [-0.2, -0.15) is 5.10 Å². The first kappa shape index (κ1) is 15.4. The number of hydrogen-bond acceptors (Lipinski definition) is 3. The summed E-state index contributed by atoms with van der Waals surface area (Å²) in [6.45, 7) is 2.76. The lowest BCUT2D eigenvalue weighted by Crippen LogP contribution is -2.11. The maximum Gasteiger partial charge on any atom is 0.163 e. The first-order valence-corrected chi connectivity index (χ1v) is 7.48.